The van der Waals surface area contributed by atoms with Crippen molar-refractivity contribution in [2.24, 2.45) is 0 Å². The largest absolute Gasteiger partial charge is 0.447 e. The Bertz CT molecular complexity index is 524. The highest BCUT2D eigenvalue weighted by Crippen LogP contribution is 2.31. The van der Waals surface area contributed by atoms with Gasteiger partial charge in [0.05, 0.1) is 10.5 Å². The number of carbonyl (C=O) groups excluding carboxylic acids is 1. The number of hydrogen-bond acceptors (Lipinski definition) is 6. The van der Waals surface area contributed by atoms with Gasteiger partial charge < -0.3 is 10.5 Å². The zero-order valence-electron chi connectivity index (χ0n) is 8.34. The monoisotopic (exact) mass is 299 g/mol. The average Bonchev–Trinajstić information content (AvgIpc) is 2.28. The van der Waals surface area contributed by atoms with Crippen LogP contribution in [0.4, 0.5) is 11.4 Å². The number of nitro groups is 1. The highest BCUT2D eigenvalue weighted by atomic mass is 79.9. The summed E-state index contributed by atoms with van der Waals surface area (Å²) in [6.07, 6.45) is 0. The number of hydrogen-bond donors (Lipinski definition) is 1. The van der Waals surface area contributed by atoms with E-state index in [9.17, 15) is 14.9 Å². The fourth-order valence-corrected chi connectivity index (χ4v) is 1.50. The van der Waals surface area contributed by atoms with Gasteiger partial charge in [-0.1, -0.05) is 0 Å². The molecule has 7 nitrogen and oxygen atoms in total. The number of benzene rings is 1. The van der Waals surface area contributed by atoms with Crippen LogP contribution in [0.5, 0.6) is 0 Å². The molecule has 0 aliphatic carbocycles. The van der Waals surface area contributed by atoms with Crippen LogP contribution in [-0.4, -0.2) is 17.5 Å². The van der Waals surface area contributed by atoms with Crippen molar-refractivity contribution in [1.82, 2.24) is 0 Å². The third-order valence-electron chi connectivity index (χ3n) is 1.81. The van der Waals surface area contributed by atoms with E-state index >= 15 is 0 Å². The van der Waals surface area contributed by atoms with Gasteiger partial charge in [0.15, 0.2) is 6.61 Å². The van der Waals surface area contributed by atoms with Gasteiger partial charge >= 0.3 is 5.97 Å². The maximum atomic E-state index is 11.4. The Morgan fingerprint density at radius 1 is 1.65 bits per heavy atom. The van der Waals surface area contributed by atoms with Gasteiger partial charge in [-0.25, -0.2) is 4.79 Å². The molecule has 17 heavy (non-hydrogen) atoms. The number of rotatable bonds is 3. The van der Waals surface area contributed by atoms with Crippen molar-refractivity contribution in [3.8, 4) is 6.07 Å². The number of esters is 1. The number of carbonyl (C=O) groups is 1. The molecule has 0 bridgehead atoms. The first-order valence-electron chi connectivity index (χ1n) is 4.25. The molecule has 0 radical (unpaired) electrons. The summed E-state index contributed by atoms with van der Waals surface area (Å²) < 4.78 is 4.74. The normalized spacial score (nSPS) is 9.41. The van der Waals surface area contributed by atoms with Crippen LogP contribution in [-0.2, 0) is 4.74 Å². The Morgan fingerprint density at radius 3 is 2.82 bits per heavy atom. The van der Waals surface area contributed by atoms with Gasteiger partial charge in [-0.15, -0.1) is 0 Å². The summed E-state index contributed by atoms with van der Waals surface area (Å²) in [5.74, 6) is -0.824. The summed E-state index contributed by atoms with van der Waals surface area (Å²) in [6.45, 7) is -0.422. The van der Waals surface area contributed by atoms with Crippen LogP contribution in [0.25, 0.3) is 0 Å². The number of ether oxygens (including phenoxy) is 1. The number of nitrogens with zero attached hydrogens (tertiary/aromatic N) is 2. The zero-order valence-corrected chi connectivity index (χ0v) is 9.93. The number of nitro benzene ring substituents is 1. The average molecular weight is 300 g/mol. The molecule has 0 spiro atoms. The summed E-state index contributed by atoms with van der Waals surface area (Å²) >= 11 is 3.00. The molecule has 0 amide bonds. The summed E-state index contributed by atoms with van der Waals surface area (Å²) in [5, 5.41) is 18.9. The van der Waals surface area contributed by atoms with E-state index in [1.54, 1.807) is 6.07 Å². The Kier molecular flexibility index (Phi) is 4.01. The number of anilines is 1. The first kappa shape index (κ1) is 12.9. The molecule has 0 saturated heterocycles. The SMILES string of the molecule is N#CCOC(=O)c1cc(Br)c(N)c([N+](=O)[O-])c1. The van der Waals surface area contributed by atoms with Crippen LogP contribution >= 0.6 is 15.9 Å². The molecule has 88 valence electrons. The molecule has 0 aliphatic rings. The van der Waals surface area contributed by atoms with E-state index in [0.717, 1.165) is 6.07 Å². The van der Waals surface area contributed by atoms with Crippen molar-refractivity contribution >= 4 is 33.3 Å². The highest BCUT2D eigenvalue weighted by molar-refractivity contribution is 9.10. The predicted octanol–water partition coefficient (Wildman–Crippen LogP) is 1.62. The highest BCUT2D eigenvalue weighted by Gasteiger charge is 2.19. The van der Waals surface area contributed by atoms with Crippen LogP contribution in [0.1, 0.15) is 10.4 Å². The van der Waals surface area contributed by atoms with Gasteiger partial charge in [-0.3, -0.25) is 10.1 Å². The van der Waals surface area contributed by atoms with E-state index in [1.807, 2.05) is 0 Å². The van der Waals surface area contributed by atoms with Crippen LogP contribution in [0, 0.1) is 21.4 Å². The van der Waals surface area contributed by atoms with Gasteiger partial charge in [-0.05, 0) is 22.0 Å². The Labute approximate surface area is 104 Å². The van der Waals surface area contributed by atoms with Crippen molar-refractivity contribution in [3.63, 3.8) is 0 Å². The number of nitrogens with two attached hydrogens (primary N) is 1. The Hall–Kier alpha value is -2.14. The predicted molar refractivity (Wildman–Crippen MR) is 61.1 cm³/mol. The Balaban J connectivity index is 3.15. The molecule has 2 N–H and O–H groups in total. The first-order chi connectivity index (χ1) is 7.97. The lowest BCUT2D eigenvalue weighted by atomic mass is 10.2. The second-order valence-corrected chi connectivity index (χ2v) is 3.74. The molecule has 0 unspecified atom stereocenters. The fraction of sp³-hybridized carbons (Fsp3) is 0.111. The molecule has 0 atom stereocenters. The standard InChI is InChI=1S/C9H6BrN3O4/c10-6-3-5(9(14)17-2-1-11)4-7(8(6)12)13(15)16/h3-4H,2,12H2. The molecular weight excluding hydrogens is 294 g/mol. The van der Waals surface area contributed by atoms with E-state index in [4.69, 9.17) is 11.0 Å². The smallest absolute Gasteiger partial charge is 0.339 e. The zero-order chi connectivity index (χ0) is 13.0. The maximum Gasteiger partial charge on any atom is 0.339 e. The minimum absolute atomic E-state index is 0.0481. The molecule has 0 aliphatic heterocycles. The van der Waals surface area contributed by atoms with E-state index in [2.05, 4.69) is 20.7 Å². The van der Waals surface area contributed by atoms with Gasteiger partial charge in [0.2, 0.25) is 0 Å². The van der Waals surface area contributed by atoms with Gasteiger partial charge in [0.1, 0.15) is 11.8 Å². The molecule has 0 heterocycles. The van der Waals surface area contributed by atoms with Crippen LogP contribution in [0.3, 0.4) is 0 Å². The maximum absolute atomic E-state index is 11.4. The van der Waals surface area contributed by atoms with E-state index in [0.29, 0.717) is 0 Å². The second kappa shape index (κ2) is 5.27. The molecule has 1 rings (SSSR count). The fourth-order valence-electron chi connectivity index (χ4n) is 1.05. The van der Waals surface area contributed by atoms with Crippen molar-refractivity contribution in [2.45, 2.75) is 0 Å². The van der Waals surface area contributed by atoms with Crippen LogP contribution in [0.2, 0.25) is 0 Å². The molecule has 0 aromatic heterocycles. The summed E-state index contributed by atoms with van der Waals surface area (Å²) in [7, 11) is 0. The third-order valence-corrected chi connectivity index (χ3v) is 2.46. The lowest BCUT2D eigenvalue weighted by molar-refractivity contribution is -0.384. The molecule has 8 heteroatoms. The summed E-state index contributed by atoms with van der Waals surface area (Å²) in [5.41, 5.74) is 4.93. The number of halogens is 1. The van der Waals surface area contributed by atoms with Gasteiger partial charge in [0, 0.05) is 10.5 Å². The van der Waals surface area contributed by atoms with Crippen LogP contribution in [0.15, 0.2) is 16.6 Å². The molecule has 1 aromatic rings. The lowest BCUT2D eigenvalue weighted by Crippen LogP contribution is -2.07. The van der Waals surface area contributed by atoms with Gasteiger partial charge in [0.25, 0.3) is 5.69 Å². The van der Waals surface area contributed by atoms with E-state index < -0.39 is 23.2 Å². The third kappa shape index (κ3) is 2.92. The minimum Gasteiger partial charge on any atom is -0.447 e. The molecule has 1 aromatic carbocycles. The second-order valence-electron chi connectivity index (χ2n) is 2.88. The van der Waals surface area contributed by atoms with Gasteiger partial charge in [-0.2, -0.15) is 5.26 Å². The van der Waals surface area contributed by atoms with Crippen molar-refractivity contribution < 1.29 is 14.5 Å². The first-order valence-corrected chi connectivity index (χ1v) is 5.04. The van der Waals surface area contributed by atoms with E-state index in [1.165, 1.54) is 6.07 Å². The number of nitriles is 1. The van der Waals surface area contributed by atoms with Crippen molar-refractivity contribution in [3.05, 3.63) is 32.3 Å². The van der Waals surface area contributed by atoms with Crippen molar-refractivity contribution in [1.29, 1.82) is 5.26 Å². The lowest BCUT2D eigenvalue weighted by Gasteiger charge is -2.04. The molecule has 0 saturated carbocycles. The summed E-state index contributed by atoms with van der Waals surface area (Å²) in [6, 6.07) is 3.91. The van der Waals surface area contributed by atoms with E-state index in [-0.39, 0.29) is 15.7 Å². The minimum atomic E-state index is -0.824. The quantitative estimate of drug-likeness (QED) is 0.392. The summed E-state index contributed by atoms with van der Waals surface area (Å²) in [4.78, 5) is 21.3. The van der Waals surface area contributed by atoms with Crippen LogP contribution < -0.4 is 5.73 Å². The Morgan fingerprint density at radius 2 is 2.29 bits per heavy atom. The molecular formula is C9H6BrN3O4. The molecule has 0 fully saturated rings. The number of nitrogen functional groups attached to an aromatic ring is 1. The topological polar surface area (TPSA) is 119 Å². The van der Waals surface area contributed by atoms with Crippen molar-refractivity contribution in [2.75, 3.05) is 12.3 Å².